The number of rotatable bonds is 6. The third-order valence-corrected chi connectivity index (χ3v) is 3.61. The Hall–Kier alpha value is -0.730. The molecule has 1 unspecified atom stereocenters. The summed E-state index contributed by atoms with van der Waals surface area (Å²) in [5.41, 5.74) is 7.94. The Labute approximate surface area is 115 Å². The number of halogens is 1. The van der Waals surface area contributed by atoms with Gasteiger partial charge in [-0.15, -0.1) is 0 Å². The van der Waals surface area contributed by atoms with Gasteiger partial charge in [-0.25, -0.2) is 0 Å². The first-order chi connectivity index (χ1) is 8.51. The van der Waals surface area contributed by atoms with Crippen LogP contribution in [0.2, 0.25) is 5.02 Å². The molecule has 0 radical (unpaired) electrons. The second-order valence-electron chi connectivity index (χ2n) is 5.13. The molecule has 0 aliphatic rings. The molecular weight excluding hydrogens is 246 g/mol. The molecule has 0 fully saturated rings. The molecule has 0 bridgehead atoms. The maximum atomic E-state index is 6.18. The van der Waals surface area contributed by atoms with Gasteiger partial charge in [-0.05, 0) is 61.4 Å². The summed E-state index contributed by atoms with van der Waals surface area (Å²) in [6.45, 7) is 7.23. The molecule has 0 aliphatic heterocycles. The average Bonchev–Trinajstić information content (AvgIpc) is 2.28. The predicted molar refractivity (Wildman–Crippen MR) is 78.6 cm³/mol. The summed E-state index contributed by atoms with van der Waals surface area (Å²) in [6, 6.07) is 3.98. The summed E-state index contributed by atoms with van der Waals surface area (Å²) in [4.78, 5) is 0. The quantitative estimate of drug-likeness (QED) is 0.843. The topological polar surface area (TPSA) is 35.2 Å². The second kappa shape index (κ2) is 7.01. The fourth-order valence-corrected chi connectivity index (χ4v) is 2.78. The number of hydrogen-bond donors (Lipinski definition) is 1. The molecule has 0 heterocycles. The van der Waals surface area contributed by atoms with Crippen molar-refractivity contribution in [2.24, 2.45) is 11.7 Å². The van der Waals surface area contributed by atoms with E-state index in [2.05, 4.69) is 13.8 Å². The Morgan fingerprint density at radius 3 is 2.50 bits per heavy atom. The fourth-order valence-electron chi connectivity index (χ4n) is 2.50. The number of benzene rings is 1. The van der Waals surface area contributed by atoms with Crippen molar-refractivity contribution in [2.75, 3.05) is 13.7 Å². The highest BCUT2D eigenvalue weighted by molar-refractivity contribution is 6.30. The van der Waals surface area contributed by atoms with E-state index in [-0.39, 0.29) is 0 Å². The number of nitrogens with two attached hydrogens (primary N) is 1. The Morgan fingerprint density at radius 2 is 2.00 bits per heavy atom. The molecule has 1 rings (SSSR count). The molecule has 1 aromatic carbocycles. The van der Waals surface area contributed by atoms with Gasteiger partial charge < -0.3 is 10.5 Å². The van der Waals surface area contributed by atoms with Gasteiger partial charge in [0.1, 0.15) is 5.75 Å². The zero-order valence-corrected chi connectivity index (χ0v) is 12.6. The lowest BCUT2D eigenvalue weighted by molar-refractivity contribution is 0.384. The van der Waals surface area contributed by atoms with Crippen LogP contribution in [0.1, 0.15) is 43.7 Å². The normalized spacial score (nSPS) is 12.8. The minimum atomic E-state index is 0.445. The van der Waals surface area contributed by atoms with Crippen LogP contribution >= 0.6 is 11.6 Å². The van der Waals surface area contributed by atoms with Gasteiger partial charge in [0, 0.05) is 5.02 Å². The summed E-state index contributed by atoms with van der Waals surface area (Å²) in [7, 11) is 1.72. The number of hydrogen-bond acceptors (Lipinski definition) is 2. The predicted octanol–water partition coefficient (Wildman–Crippen LogP) is 4.14. The number of methoxy groups -OCH3 is 1. The van der Waals surface area contributed by atoms with E-state index in [0.717, 1.165) is 35.7 Å². The maximum absolute atomic E-state index is 6.18. The fraction of sp³-hybridized carbons (Fsp3) is 0.600. The van der Waals surface area contributed by atoms with Gasteiger partial charge in [-0.2, -0.15) is 0 Å². The van der Waals surface area contributed by atoms with Crippen LogP contribution in [0.25, 0.3) is 0 Å². The van der Waals surface area contributed by atoms with Crippen molar-refractivity contribution in [2.45, 2.75) is 39.5 Å². The van der Waals surface area contributed by atoms with Crippen molar-refractivity contribution in [1.29, 1.82) is 0 Å². The first kappa shape index (κ1) is 15.3. The van der Waals surface area contributed by atoms with Crippen LogP contribution in [0, 0.1) is 12.8 Å². The Bertz CT molecular complexity index is 390. The maximum Gasteiger partial charge on any atom is 0.125 e. The van der Waals surface area contributed by atoms with E-state index >= 15 is 0 Å². The van der Waals surface area contributed by atoms with E-state index in [1.165, 1.54) is 5.56 Å². The molecule has 2 nitrogen and oxygen atoms in total. The van der Waals surface area contributed by atoms with Gasteiger partial charge in [0.15, 0.2) is 0 Å². The zero-order chi connectivity index (χ0) is 13.7. The molecular formula is C15H24ClNO. The monoisotopic (exact) mass is 269 g/mol. The SMILES string of the molecule is COc1c(C)cc(Cl)cc1C(CCCN)C(C)C. The summed E-state index contributed by atoms with van der Waals surface area (Å²) in [5.74, 6) is 1.96. The van der Waals surface area contributed by atoms with Crippen LogP contribution in [-0.4, -0.2) is 13.7 Å². The van der Waals surface area contributed by atoms with Gasteiger partial charge in [-0.3, -0.25) is 0 Å². The smallest absolute Gasteiger partial charge is 0.125 e. The molecule has 1 atom stereocenters. The molecule has 0 saturated carbocycles. The van der Waals surface area contributed by atoms with Crippen LogP contribution in [-0.2, 0) is 0 Å². The highest BCUT2D eigenvalue weighted by atomic mass is 35.5. The molecule has 1 aromatic rings. The van der Waals surface area contributed by atoms with Crippen molar-refractivity contribution in [1.82, 2.24) is 0 Å². The van der Waals surface area contributed by atoms with E-state index in [4.69, 9.17) is 22.1 Å². The van der Waals surface area contributed by atoms with Gasteiger partial charge >= 0.3 is 0 Å². The first-order valence-corrected chi connectivity index (χ1v) is 6.93. The molecule has 18 heavy (non-hydrogen) atoms. The summed E-state index contributed by atoms with van der Waals surface area (Å²) >= 11 is 6.18. The van der Waals surface area contributed by atoms with Crippen molar-refractivity contribution >= 4 is 11.6 Å². The van der Waals surface area contributed by atoms with Crippen molar-refractivity contribution < 1.29 is 4.74 Å². The highest BCUT2D eigenvalue weighted by Crippen LogP contribution is 2.38. The Kier molecular flexibility index (Phi) is 5.97. The lowest BCUT2D eigenvalue weighted by Gasteiger charge is -2.24. The van der Waals surface area contributed by atoms with Gasteiger partial charge in [0.2, 0.25) is 0 Å². The van der Waals surface area contributed by atoms with Crippen molar-refractivity contribution in [3.05, 3.63) is 28.3 Å². The summed E-state index contributed by atoms with van der Waals surface area (Å²) in [6.07, 6.45) is 2.10. The minimum Gasteiger partial charge on any atom is -0.496 e. The highest BCUT2D eigenvalue weighted by Gasteiger charge is 2.21. The molecule has 0 saturated heterocycles. The van der Waals surface area contributed by atoms with Crippen LogP contribution < -0.4 is 10.5 Å². The zero-order valence-electron chi connectivity index (χ0n) is 11.8. The van der Waals surface area contributed by atoms with Crippen LogP contribution in [0.4, 0.5) is 0 Å². The molecule has 102 valence electrons. The van der Waals surface area contributed by atoms with E-state index in [1.54, 1.807) is 7.11 Å². The average molecular weight is 270 g/mol. The number of aryl methyl sites for hydroxylation is 1. The Morgan fingerprint density at radius 1 is 1.33 bits per heavy atom. The standard InChI is InChI=1S/C15H24ClNO/c1-10(2)13(6-5-7-17)14-9-12(16)8-11(3)15(14)18-4/h8-10,13H,5-7,17H2,1-4H3. The molecule has 2 N–H and O–H groups in total. The van der Waals surface area contributed by atoms with Crippen molar-refractivity contribution in [3.8, 4) is 5.75 Å². The van der Waals surface area contributed by atoms with Crippen LogP contribution in [0.15, 0.2) is 12.1 Å². The Balaban J connectivity index is 3.17. The summed E-state index contributed by atoms with van der Waals surface area (Å²) < 4.78 is 5.55. The first-order valence-electron chi connectivity index (χ1n) is 6.55. The molecule has 0 amide bonds. The third kappa shape index (κ3) is 3.63. The third-order valence-electron chi connectivity index (χ3n) is 3.40. The number of ether oxygens (including phenoxy) is 1. The van der Waals surface area contributed by atoms with Gasteiger partial charge in [0.05, 0.1) is 7.11 Å². The minimum absolute atomic E-state index is 0.445. The van der Waals surface area contributed by atoms with E-state index in [9.17, 15) is 0 Å². The molecule has 0 aromatic heterocycles. The van der Waals surface area contributed by atoms with E-state index in [1.807, 2.05) is 19.1 Å². The second-order valence-corrected chi connectivity index (χ2v) is 5.56. The lowest BCUT2D eigenvalue weighted by Crippen LogP contribution is -2.11. The van der Waals surface area contributed by atoms with E-state index < -0.39 is 0 Å². The molecule has 3 heteroatoms. The molecule has 0 spiro atoms. The lowest BCUT2D eigenvalue weighted by atomic mass is 9.83. The van der Waals surface area contributed by atoms with Gasteiger partial charge in [0.25, 0.3) is 0 Å². The van der Waals surface area contributed by atoms with Crippen LogP contribution in [0.5, 0.6) is 5.75 Å². The van der Waals surface area contributed by atoms with E-state index in [0.29, 0.717) is 11.8 Å². The summed E-state index contributed by atoms with van der Waals surface area (Å²) in [5, 5.41) is 0.779. The van der Waals surface area contributed by atoms with Crippen molar-refractivity contribution in [3.63, 3.8) is 0 Å². The van der Waals surface area contributed by atoms with Crippen LogP contribution in [0.3, 0.4) is 0 Å². The largest absolute Gasteiger partial charge is 0.496 e. The van der Waals surface area contributed by atoms with Gasteiger partial charge in [-0.1, -0.05) is 25.4 Å². The molecule has 0 aliphatic carbocycles.